The minimum atomic E-state index is -2.06. The highest BCUT2D eigenvalue weighted by Gasteiger charge is 2.70. The molecule has 7 atom stereocenters. The largest absolute Gasteiger partial charge is 0.413 e. The molecule has 0 aromatic carbocycles. The maximum absolute atomic E-state index is 13.6. The summed E-state index contributed by atoms with van der Waals surface area (Å²) in [6, 6.07) is 0. The summed E-state index contributed by atoms with van der Waals surface area (Å²) in [5, 5.41) is 20.7. The molecule has 0 aromatic rings. The molecule has 2 fully saturated rings. The number of ketones is 1. The molecule has 0 aliphatic heterocycles. The molecule has 0 heterocycles. The lowest BCUT2D eigenvalue weighted by Gasteiger charge is -2.58. The Labute approximate surface area is 159 Å². The highest BCUT2D eigenvalue weighted by molar-refractivity contribution is 6.74. The van der Waals surface area contributed by atoms with Crippen molar-refractivity contribution in [2.45, 2.75) is 65.3 Å². The molecule has 5 heteroatoms. The second-order valence-electron chi connectivity index (χ2n) is 10.7. The summed E-state index contributed by atoms with van der Waals surface area (Å²) in [6.45, 7) is 14.7. The first-order valence-corrected chi connectivity index (χ1v) is 12.9. The number of fused-ring (bicyclic) bond motifs is 5. The van der Waals surface area contributed by atoms with Crippen LogP contribution in [0.15, 0.2) is 12.2 Å². The lowest BCUT2D eigenvalue weighted by Crippen LogP contribution is -2.66. The summed E-state index contributed by atoms with van der Waals surface area (Å²) < 4.78 is 6.93. The molecule has 26 heavy (non-hydrogen) atoms. The van der Waals surface area contributed by atoms with Gasteiger partial charge in [0.2, 0.25) is 0 Å². The van der Waals surface area contributed by atoms with Crippen molar-refractivity contribution in [3.63, 3.8) is 0 Å². The molecule has 3 aliphatic carbocycles. The van der Waals surface area contributed by atoms with Gasteiger partial charge in [-0.2, -0.15) is 0 Å². The fourth-order valence-electron chi connectivity index (χ4n) is 5.48. The first-order valence-electron chi connectivity index (χ1n) is 9.99. The standard InChI is InChI=1S/C21H36O4Si/c1-13-17(25-26(6,7)19(2,3)4)16-14-8-9-15(10-14)21(16,12-23)18(24)20(13,5)11-22/h8-9,13-17,22-23H,10-12H2,1-7H3/t13-,14+,15-,16-,17-,20-,21-/m0/s1. The van der Waals surface area contributed by atoms with E-state index in [2.05, 4.69) is 52.9 Å². The molecule has 148 valence electrons. The third-order valence-corrected chi connectivity index (χ3v) is 12.9. The van der Waals surface area contributed by atoms with Gasteiger partial charge in [0.15, 0.2) is 14.1 Å². The maximum Gasteiger partial charge on any atom is 0.192 e. The van der Waals surface area contributed by atoms with Crippen LogP contribution in [0.1, 0.15) is 41.0 Å². The number of aliphatic hydroxyl groups excluding tert-OH is 2. The average molecular weight is 381 g/mol. The number of hydrogen-bond donors (Lipinski definition) is 2. The molecule has 3 rings (SSSR count). The van der Waals surface area contributed by atoms with E-state index in [9.17, 15) is 15.0 Å². The molecule has 0 amide bonds. The molecule has 0 radical (unpaired) electrons. The number of carbonyl (C=O) groups is 1. The summed E-state index contributed by atoms with van der Waals surface area (Å²) in [6.07, 6.45) is 5.15. The van der Waals surface area contributed by atoms with Crippen LogP contribution < -0.4 is 0 Å². The SMILES string of the molecule is C[C@H]1[C@H](O[Si](C)(C)C(C)(C)C)[C@@H]2[C@@H]3C=C[C@@H](C3)[C@]2(CO)C(=O)[C@@]1(C)CO. The van der Waals surface area contributed by atoms with Gasteiger partial charge < -0.3 is 14.6 Å². The summed E-state index contributed by atoms with van der Waals surface area (Å²) in [5.41, 5.74) is -1.67. The van der Waals surface area contributed by atoms with Gasteiger partial charge in [0, 0.05) is 5.92 Å². The first kappa shape index (κ1) is 20.2. The fourth-order valence-corrected chi connectivity index (χ4v) is 6.86. The predicted molar refractivity (Wildman–Crippen MR) is 105 cm³/mol. The second-order valence-corrected chi connectivity index (χ2v) is 15.4. The van der Waals surface area contributed by atoms with E-state index in [1.165, 1.54) is 0 Å². The van der Waals surface area contributed by atoms with Crippen molar-refractivity contribution in [3.8, 4) is 0 Å². The zero-order valence-electron chi connectivity index (χ0n) is 17.4. The number of hydrogen-bond acceptors (Lipinski definition) is 4. The summed E-state index contributed by atoms with van der Waals surface area (Å²) in [7, 11) is -2.06. The van der Waals surface area contributed by atoms with Crippen molar-refractivity contribution in [1.29, 1.82) is 0 Å². The molecular formula is C21H36O4Si. The Morgan fingerprint density at radius 3 is 2.35 bits per heavy atom. The number of allylic oxidation sites excluding steroid dienone is 2. The zero-order chi connectivity index (χ0) is 19.7. The van der Waals surface area contributed by atoms with E-state index in [-0.39, 0.29) is 53.8 Å². The summed E-state index contributed by atoms with van der Waals surface area (Å²) >= 11 is 0. The van der Waals surface area contributed by atoms with Crippen LogP contribution in [0.4, 0.5) is 0 Å². The van der Waals surface area contributed by atoms with Crippen LogP contribution in [-0.4, -0.2) is 43.6 Å². The van der Waals surface area contributed by atoms with Gasteiger partial charge in [-0.3, -0.25) is 4.79 Å². The van der Waals surface area contributed by atoms with Gasteiger partial charge in [-0.15, -0.1) is 0 Å². The molecule has 0 saturated heterocycles. The number of rotatable bonds is 4. The van der Waals surface area contributed by atoms with Gasteiger partial charge >= 0.3 is 0 Å². The Morgan fingerprint density at radius 2 is 1.85 bits per heavy atom. The van der Waals surface area contributed by atoms with Crippen LogP contribution >= 0.6 is 0 Å². The third kappa shape index (κ3) is 2.40. The Hall–Kier alpha value is -0.493. The van der Waals surface area contributed by atoms with Gasteiger partial charge in [-0.25, -0.2) is 0 Å². The van der Waals surface area contributed by atoms with Crippen molar-refractivity contribution >= 4 is 14.1 Å². The second kappa shape index (κ2) is 6.00. The van der Waals surface area contributed by atoms with Gasteiger partial charge in [0.1, 0.15) is 0 Å². The number of Topliss-reactive ketones (excluding diaryl/α,β-unsaturated/α-hetero) is 1. The van der Waals surface area contributed by atoms with Gasteiger partial charge in [-0.05, 0) is 42.3 Å². The van der Waals surface area contributed by atoms with Crippen molar-refractivity contribution < 1.29 is 19.4 Å². The highest BCUT2D eigenvalue weighted by atomic mass is 28.4. The Kier molecular flexibility index (Phi) is 4.67. The maximum atomic E-state index is 13.6. The van der Waals surface area contributed by atoms with Crippen LogP contribution in [0.25, 0.3) is 0 Å². The minimum Gasteiger partial charge on any atom is -0.413 e. The lowest BCUT2D eigenvalue weighted by molar-refractivity contribution is -0.178. The topological polar surface area (TPSA) is 66.8 Å². The zero-order valence-corrected chi connectivity index (χ0v) is 18.4. The summed E-state index contributed by atoms with van der Waals surface area (Å²) in [4.78, 5) is 13.6. The van der Waals surface area contributed by atoms with Crippen LogP contribution in [-0.2, 0) is 9.22 Å². The molecule has 0 spiro atoms. The van der Waals surface area contributed by atoms with Crippen LogP contribution in [0.2, 0.25) is 18.1 Å². The molecule has 3 aliphatic rings. The highest BCUT2D eigenvalue weighted by Crippen LogP contribution is 2.65. The van der Waals surface area contributed by atoms with Crippen LogP contribution in [0.5, 0.6) is 0 Å². The normalized spacial score (nSPS) is 45.3. The molecule has 0 aromatic heterocycles. The van der Waals surface area contributed by atoms with Crippen molar-refractivity contribution in [2.75, 3.05) is 13.2 Å². The Morgan fingerprint density at radius 1 is 1.23 bits per heavy atom. The molecule has 2 saturated carbocycles. The van der Waals surface area contributed by atoms with Crippen LogP contribution in [0, 0.1) is 34.5 Å². The molecule has 2 bridgehead atoms. The van der Waals surface area contributed by atoms with Gasteiger partial charge in [0.05, 0.1) is 30.1 Å². The number of carbonyl (C=O) groups excluding carboxylic acids is 1. The van der Waals surface area contributed by atoms with Crippen LogP contribution in [0.3, 0.4) is 0 Å². The van der Waals surface area contributed by atoms with Crippen molar-refractivity contribution in [2.24, 2.45) is 34.5 Å². The van der Waals surface area contributed by atoms with E-state index in [0.29, 0.717) is 0 Å². The van der Waals surface area contributed by atoms with E-state index in [0.717, 1.165) is 6.42 Å². The first-order chi connectivity index (χ1) is 11.9. The summed E-state index contributed by atoms with van der Waals surface area (Å²) in [5.74, 6) is 0.334. The fraction of sp³-hybridized carbons (Fsp3) is 0.857. The van der Waals surface area contributed by atoms with E-state index >= 15 is 0 Å². The van der Waals surface area contributed by atoms with E-state index in [4.69, 9.17) is 4.43 Å². The lowest BCUT2D eigenvalue weighted by atomic mass is 9.49. The van der Waals surface area contributed by atoms with E-state index in [1.54, 1.807) is 0 Å². The molecule has 0 unspecified atom stereocenters. The van der Waals surface area contributed by atoms with E-state index < -0.39 is 19.1 Å². The third-order valence-electron chi connectivity index (χ3n) is 8.45. The average Bonchev–Trinajstić information content (AvgIpc) is 3.15. The van der Waals surface area contributed by atoms with E-state index in [1.807, 2.05) is 6.92 Å². The Bertz CT molecular complexity index is 622. The molecular weight excluding hydrogens is 344 g/mol. The Balaban J connectivity index is 2.11. The van der Waals surface area contributed by atoms with Gasteiger partial charge in [-0.1, -0.05) is 46.8 Å². The van der Waals surface area contributed by atoms with Crippen molar-refractivity contribution in [1.82, 2.24) is 0 Å². The molecule has 4 nitrogen and oxygen atoms in total. The monoisotopic (exact) mass is 380 g/mol. The number of aliphatic hydroxyl groups is 2. The van der Waals surface area contributed by atoms with Gasteiger partial charge in [0.25, 0.3) is 0 Å². The quantitative estimate of drug-likeness (QED) is 0.579. The predicted octanol–water partition coefficient (Wildman–Crippen LogP) is 3.40. The van der Waals surface area contributed by atoms with Crippen molar-refractivity contribution in [3.05, 3.63) is 12.2 Å². The molecule has 2 N–H and O–H groups in total. The smallest absolute Gasteiger partial charge is 0.192 e. The minimum absolute atomic E-state index is 0.0127.